The van der Waals surface area contributed by atoms with E-state index in [0.717, 1.165) is 19.3 Å². The van der Waals surface area contributed by atoms with Crippen molar-refractivity contribution in [3.63, 3.8) is 0 Å². The molecule has 0 aliphatic carbocycles. The molecule has 1 saturated heterocycles. The van der Waals surface area contributed by atoms with Crippen LogP contribution in [0.2, 0.25) is 0 Å². The first-order valence-electron chi connectivity index (χ1n) is 7.29. The van der Waals surface area contributed by atoms with Gasteiger partial charge in [0.2, 0.25) is 5.91 Å². The molecule has 0 atom stereocenters. The van der Waals surface area contributed by atoms with Crippen LogP contribution in [0.5, 0.6) is 0 Å². The maximum atomic E-state index is 12.5. The normalized spacial score (nSPS) is 16.5. The first-order chi connectivity index (χ1) is 10.5. The van der Waals surface area contributed by atoms with Crippen LogP contribution in [0.3, 0.4) is 0 Å². The summed E-state index contributed by atoms with van der Waals surface area (Å²) in [5, 5.41) is 2.63. The summed E-state index contributed by atoms with van der Waals surface area (Å²) in [6, 6.07) is 6.91. The number of hydrogen-bond donors (Lipinski definition) is 1. The van der Waals surface area contributed by atoms with Crippen molar-refractivity contribution in [2.24, 2.45) is 4.36 Å². The average Bonchev–Trinajstić information content (AvgIpc) is 2.53. The van der Waals surface area contributed by atoms with Crippen molar-refractivity contribution in [1.82, 2.24) is 5.32 Å². The maximum Gasteiger partial charge on any atom is 0.285 e. The summed E-state index contributed by atoms with van der Waals surface area (Å²) in [7, 11) is -2.42. The third kappa shape index (κ3) is 4.27. The van der Waals surface area contributed by atoms with Gasteiger partial charge in [-0.05, 0) is 30.5 Å². The lowest BCUT2D eigenvalue weighted by atomic mass is 10.1. The van der Waals surface area contributed by atoms with Crippen molar-refractivity contribution in [1.29, 1.82) is 0 Å². The number of nitrogens with zero attached hydrogens (tertiary/aromatic N) is 1. The molecule has 1 N–H and O–H groups in total. The Labute approximate surface area is 131 Å². The van der Waals surface area contributed by atoms with Crippen LogP contribution >= 0.6 is 0 Å². The highest BCUT2D eigenvalue weighted by Gasteiger charge is 2.18. The summed E-state index contributed by atoms with van der Waals surface area (Å²) in [5.74, 6) is 0.218. The number of nitrogens with one attached hydrogen (secondary N) is 1. The Morgan fingerprint density at radius 3 is 2.59 bits per heavy atom. The zero-order valence-corrected chi connectivity index (χ0v) is 13.2. The largest absolute Gasteiger partial charge is 0.348 e. The number of rotatable bonds is 4. The van der Waals surface area contributed by atoms with E-state index in [0.29, 0.717) is 22.6 Å². The molecule has 2 amide bonds. The molecule has 2 rings (SSSR count). The van der Waals surface area contributed by atoms with Gasteiger partial charge in [0.15, 0.2) is 0 Å². The molecule has 0 saturated carbocycles. The lowest BCUT2D eigenvalue weighted by Gasteiger charge is -2.15. The smallest absolute Gasteiger partial charge is 0.285 e. The fourth-order valence-electron chi connectivity index (χ4n) is 2.36. The summed E-state index contributed by atoms with van der Waals surface area (Å²) in [6.45, 7) is 3.59. The molecule has 1 aliphatic rings. The van der Waals surface area contributed by atoms with Crippen LogP contribution in [-0.2, 0) is 21.1 Å². The minimum Gasteiger partial charge on any atom is -0.348 e. The van der Waals surface area contributed by atoms with Crippen LogP contribution in [0.15, 0.2) is 41.3 Å². The molecule has 1 fully saturated rings. The SMILES string of the molecule is C=CC(=O)NCc1ccccc1C(=O)N=S1(=O)CCCCC1. The van der Waals surface area contributed by atoms with E-state index >= 15 is 0 Å². The van der Waals surface area contributed by atoms with Gasteiger partial charge in [-0.25, -0.2) is 4.21 Å². The van der Waals surface area contributed by atoms with E-state index in [9.17, 15) is 13.8 Å². The van der Waals surface area contributed by atoms with Crippen molar-refractivity contribution >= 4 is 21.5 Å². The average molecular weight is 320 g/mol. The van der Waals surface area contributed by atoms with E-state index in [1.165, 1.54) is 6.08 Å². The Kier molecular flexibility index (Phi) is 5.49. The van der Waals surface area contributed by atoms with Crippen molar-refractivity contribution in [2.45, 2.75) is 25.8 Å². The highest BCUT2D eigenvalue weighted by molar-refractivity contribution is 7.93. The van der Waals surface area contributed by atoms with Gasteiger partial charge in [-0.1, -0.05) is 31.2 Å². The summed E-state index contributed by atoms with van der Waals surface area (Å²) in [4.78, 5) is 23.6. The molecule has 1 aromatic rings. The van der Waals surface area contributed by atoms with Gasteiger partial charge in [0.05, 0.1) is 9.73 Å². The minimum atomic E-state index is -2.42. The fourth-order valence-corrected chi connectivity index (χ4v) is 4.46. The second kappa shape index (κ2) is 7.35. The van der Waals surface area contributed by atoms with Gasteiger partial charge in [0, 0.05) is 23.6 Å². The molecule has 0 spiro atoms. The second-order valence-electron chi connectivity index (χ2n) is 5.22. The summed E-state index contributed by atoms with van der Waals surface area (Å²) < 4.78 is 16.5. The standard InChI is InChI=1S/C16H20N2O3S/c1-2-15(19)17-12-13-8-4-5-9-14(13)16(20)18-22(21)10-6-3-7-11-22/h2,4-5,8-9H,1,3,6-7,10-12H2,(H,17,19). The number of hydrogen-bond acceptors (Lipinski definition) is 3. The first kappa shape index (κ1) is 16.4. The third-order valence-corrected chi connectivity index (χ3v) is 5.91. The molecule has 1 heterocycles. The molecule has 0 radical (unpaired) electrons. The lowest BCUT2D eigenvalue weighted by Crippen LogP contribution is -2.22. The van der Waals surface area contributed by atoms with Crippen molar-refractivity contribution in [3.8, 4) is 0 Å². The molecule has 118 valence electrons. The topological polar surface area (TPSA) is 75.6 Å². The van der Waals surface area contributed by atoms with Crippen LogP contribution in [0, 0.1) is 0 Å². The molecule has 5 nitrogen and oxygen atoms in total. The number of carbonyl (C=O) groups excluding carboxylic acids is 2. The van der Waals surface area contributed by atoms with Gasteiger partial charge >= 0.3 is 0 Å². The van der Waals surface area contributed by atoms with Gasteiger partial charge < -0.3 is 5.32 Å². The molecular formula is C16H20N2O3S. The van der Waals surface area contributed by atoms with Gasteiger partial charge in [-0.15, -0.1) is 0 Å². The van der Waals surface area contributed by atoms with Crippen LogP contribution < -0.4 is 5.32 Å². The molecule has 1 aliphatic heterocycles. The Bertz CT molecular complexity index is 691. The Morgan fingerprint density at radius 2 is 1.91 bits per heavy atom. The highest BCUT2D eigenvalue weighted by atomic mass is 32.2. The van der Waals surface area contributed by atoms with Crippen molar-refractivity contribution in [2.75, 3.05) is 11.5 Å². The molecule has 0 bridgehead atoms. The quantitative estimate of drug-likeness (QED) is 0.865. The highest BCUT2D eigenvalue weighted by Crippen LogP contribution is 2.17. The fraction of sp³-hybridized carbons (Fsp3) is 0.375. The lowest BCUT2D eigenvalue weighted by molar-refractivity contribution is -0.116. The molecule has 0 aromatic heterocycles. The molecule has 22 heavy (non-hydrogen) atoms. The number of amides is 2. The Hall–Kier alpha value is -1.95. The van der Waals surface area contributed by atoms with E-state index in [2.05, 4.69) is 16.3 Å². The molecule has 1 aromatic carbocycles. The van der Waals surface area contributed by atoms with Gasteiger partial charge in [0.1, 0.15) is 0 Å². The first-order valence-corrected chi connectivity index (χ1v) is 9.14. The van der Waals surface area contributed by atoms with Crippen LogP contribution in [0.1, 0.15) is 35.2 Å². The third-order valence-electron chi connectivity index (χ3n) is 3.56. The Balaban J connectivity index is 2.22. The van der Waals surface area contributed by atoms with Crippen molar-refractivity contribution < 1.29 is 13.8 Å². The predicted octanol–water partition coefficient (Wildman–Crippen LogP) is 2.28. The van der Waals surface area contributed by atoms with Gasteiger partial charge in [-0.3, -0.25) is 9.59 Å². The molecular weight excluding hydrogens is 300 g/mol. The molecule has 6 heteroatoms. The molecule has 0 unspecified atom stereocenters. The number of benzene rings is 1. The van der Waals surface area contributed by atoms with Crippen LogP contribution in [-0.4, -0.2) is 27.5 Å². The second-order valence-corrected chi connectivity index (χ2v) is 7.76. The summed E-state index contributed by atoms with van der Waals surface area (Å²) >= 11 is 0. The zero-order chi connectivity index (χ0) is 16.0. The zero-order valence-electron chi connectivity index (χ0n) is 12.4. The maximum absolute atomic E-state index is 12.5. The van der Waals surface area contributed by atoms with Crippen LogP contribution in [0.4, 0.5) is 0 Å². The monoisotopic (exact) mass is 320 g/mol. The van der Waals surface area contributed by atoms with Crippen molar-refractivity contribution in [3.05, 3.63) is 48.0 Å². The van der Waals surface area contributed by atoms with Gasteiger partial charge in [0.25, 0.3) is 5.91 Å². The Morgan fingerprint density at radius 1 is 1.23 bits per heavy atom. The summed E-state index contributed by atoms with van der Waals surface area (Å²) in [6.07, 6.45) is 3.93. The van der Waals surface area contributed by atoms with Gasteiger partial charge in [-0.2, -0.15) is 4.36 Å². The van der Waals surface area contributed by atoms with E-state index < -0.39 is 15.6 Å². The van der Waals surface area contributed by atoms with E-state index in [-0.39, 0.29) is 12.5 Å². The van der Waals surface area contributed by atoms with E-state index in [1.54, 1.807) is 24.3 Å². The van der Waals surface area contributed by atoms with Crippen LogP contribution in [0.25, 0.3) is 0 Å². The van der Waals surface area contributed by atoms with E-state index in [4.69, 9.17) is 0 Å². The minimum absolute atomic E-state index is 0.212. The predicted molar refractivity (Wildman–Crippen MR) is 87.0 cm³/mol. The van der Waals surface area contributed by atoms with E-state index in [1.807, 2.05) is 0 Å². The summed E-state index contributed by atoms with van der Waals surface area (Å²) in [5.41, 5.74) is 1.05. The number of carbonyl (C=O) groups is 2.